The summed E-state index contributed by atoms with van der Waals surface area (Å²) in [6, 6.07) is 3.41. The molecule has 0 saturated heterocycles. The molecule has 0 spiro atoms. The molecule has 0 bridgehead atoms. The van der Waals surface area contributed by atoms with Crippen LogP contribution in [0.4, 0.5) is 0 Å². The molecule has 96 valence electrons. The summed E-state index contributed by atoms with van der Waals surface area (Å²) in [6.45, 7) is 0. The van der Waals surface area contributed by atoms with Gasteiger partial charge in [-0.05, 0) is 24.3 Å². The Labute approximate surface area is 105 Å². The first kappa shape index (κ1) is 12.4. The molecule has 0 saturated carbocycles. The molecule has 2 rings (SSSR count). The van der Waals surface area contributed by atoms with E-state index in [1.807, 2.05) is 0 Å². The van der Waals surface area contributed by atoms with Crippen molar-refractivity contribution in [1.29, 1.82) is 0 Å². The Morgan fingerprint density at radius 1 is 1.56 bits per heavy atom. The number of carbonyl (C=O) groups excluding carboxylic acids is 1. The number of hydrogen-bond acceptors (Lipinski definition) is 4. The second kappa shape index (κ2) is 4.70. The van der Waals surface area contributed by atoms with E-state index >= 15 is 0 Å². The van der Waals surface area contributed by atoms with Gasteiger partial charge in [-0.3, -0.25) is 0 Å². The van der Waals surface area contributed by atoms with Crippen LogP contribution in [0.5, 0.6) is 0 Å². The van der Waals surface area contributed by atoms with Crippen molar-refractivity contribution >= 4 is 5.97 Å². The highest BCUT2D eigenvalue weighted by Crippen LogP contribution is 2.27. The SMILES string of the molecule is COC1(OC(=O)c2cccn2C)C=CC=C(O)C1. The van der Waals surface area contributed by atoms with Gasteiger partial charge in [0.15, 0.2) is 0 Å². The van der Waals surface area contributed by atoms with Crippen LogP contribution in [0.15, 0.2) is 42.3 Å². The first-order chi connectivity index (χ1) is 8.56. The fourth-order valence-corrected chi connectivity index (χ4v) is 1.81. The third-order valence-electron chi connectivity index (χ3n) is 2.83. The lowest BCUT2D eigenvalue weighted by molar-refractivity contribution is -0.155. The fourth-order valence-electron chi connectivity index (χ4n) is 1.81. The Kier molecular flexibility index (Phi) is 3.25. The Bertz CT molecular complexity index is 515. The minimum Gasteiger partial charge on any atom is -0.512 e. The lowest BCUT2D eigenvalue weighted by Crippen LogP contribution is -2.37. The molecular formula is C13H15NO4. The number of esters is 1. The van der Waals surface area contributed by atoms with Gasteiger partial charge in [-0.1, -0.05) is 6.08 Å². The molecule has 0 fully saturated rings. The maximum absolute atomic E-state index is 12.0. The number of aryl methyl sites for hydroxylation is 1. The van der Waals surface area contributed by atoms with Crippen LogP contribution in [-0.4, -0.2) is 28.5 Å². The Balaban J connectivity index is 2.17. The van der Waals surface area contributed by atoms with Crippen molar-refractivity contribution < 1.29 is 19.4 Å². The van der Waals surface area contributed by atoms with Gasteiger partial charge in [-0.2, -0.15) is 0 Å². The highest BCUT2D eigenvalue weighted by Gasteiger charge is 2.35. The zero-order valence-electron chi connectivity index (χ0n) is 10.3. The topological polar surface area (TPSA) is 60.7 Å². The average Bonchev–Trinajstić information content (AvgIpc) is 2.75. The summed E-state index contributed by atoms with van der Waals surface area (Å²) < 4.78 is 12.2. The second-order valence-corrected chi connectivity index (χ2v) is 4.10. The van der Waals surface area contributed by atoms with Gasteiger partial charge in [0, 0.05) is 20.4 Å². The molecule has 0 aliphatic heterocycles. The number of aliphatic hydroxyl groups is 1. The van der Waals surface area contributed by atoms with E-state index in [1.54, 1.807) is 42.1 Å². The van der Waals surface area contributed by atoms with Crippen molar-refractivity contribution in [3.05, 3.63) is 48.0 Å². The molecule has 1 unspecified atom stereocenters. The molecule has 1 aliphatic rings. The quantitative estimate of drug-likeness (QED) is 0.656. The lowest BCUT2D eigenvalue weighted by Gasteiger charge is -2.30. The molecule has 5 heteroatoms. The molecule has 18 heavy (non-hydrogen) atoms. The van der Waals surface area contributed by atoms with E-state index in [0.29, 0.717) is 5.69 Å². The van der Waals surface area contributed by atoms with Crippen LogP contribution < -0.4 is 0 Å². The third kappa shape index (κ3) is 2.31. The molecule has 1 atom stereocenters. The predicted octanol–water partition coefficient (Wildman–Crippen LogP) is 1.93. The molecular weight excluding hydrogens is 234 g/mol. The summed E-state index contributed by atoms with van der Waals surface area (Å²) in [5.41, 5.74) is 0.425. The van der Waals surface area contributed by atoms with E-state index in [0.717, 1.165) is 0 Å². The molecule has 0 amide bonds. The number of nitrogens with zero attached hydrogens (tertiary/aromatic N) is 1. The van der Waals surface area contributed by atoms with Crippen LogP contribution in [0, 0.1) is 0 Å². The molecule has 0 aromatic carbocycles. The van der Waals surface area contributed by atoms with E-state index < -0.39 is 11.8 Å². The van der Waals surface area contributed by atoms with E-state index in [9.17, 15) is 9.90 Å². The number of ether oxygens (including phenoxy) is 2. The summed E-state index contributed by atoms with van der Waals surface area (Å²) in [6.07, 6.45) is 6.60. The Morgan fingerprint density at radius 3 is 2.89 bits per heavy atom. The molecule has 1 aromatic heterocycles. The predicted molar refractivity (Wildman–Crippen MR) is 65.0 cm³/mol. The molecule has 1 aliphatic carbocycles. The average molecular weight is 249 g/mol. The zero-order valence-corrected chi connectivity index (χ0v) is 10.3. The van der Waals surface area contributed by atoms with Crippen LogP contribution in [0.3, 0.4) is 0 Å². The maximum atomic E-state index is 12.0. The van der Waals surface area contributed by atoms with Crippen molar-refractivity contribution in [3.8, 4) is 0 Å². The van der Waals surface area contributed by atoms with Gasteiger partial charge in [-0.15, -0.1) is 0 Å². The van der Waals surface area contributed by atoms with E-state index in [2.05, 4.69) is 0 Å². The molecule has 1 N–H and O–H groups in total. The number of aromatic nitrogens is 1. The van der Waals surface area contributed by atoms with E-state index in [-0.39, 0.29) is 12.2 Å². The number of methoxy groups -OCH3 is 1. The molecule has 5 nitrogen and oxygen atoms in total. The van der Waals surface area contributed by atoms with Gasteiger partial charge >= 0.3 is 5.97 Å². The second-order valence-electron chi connectivity index (χ2n) is 4.10. The molecule has 0 radical (unpaired) electrons. The summed E-state index contributed by atoms with van der Waals surface area (Å²) >= 11 is 0. The number of allylic oxidation sites excluding steroid dienone is 2. The fraction of sp³-hybridized carbons (Fsp3) is 0.308. The van der Waals surface area contributed by atoms with Gasteiger partial charge in [0.2, 0.25) is 5.79 Å². The Morgan fingerprint density at radius 2 is 2.33 bits per heavy atom. The standard InChI is InChI=1S/C13H15NO4/c1-14-8-4-6-11(14)12(16)18-13(17-2)7-3-5-10(15)9-13/h3-8,15H,9H2,1-2H3. The normalized spacial score (nSPS) is 22.7. The van der Waals surface area contributed by atoms with Crippen LogP contribution in [0.1, 0.15) is 16.9 Å². The largest absolute Gasteiger partial charge is 0.512 e. The number of aliphatic hydroxyl groups excluding tert-OH is 1. The van der Waals surface area contributed by atoms with Crippen molar-refractivity contribution in [2.24, 2.45) is 7.05 Å². The van der Waals surface area contributed by atoms with Gasteiger partial charge in [0.1, 0.15) is 5.69 Å². The number of rotatable bonds is 3. The van der Waals surface area contributed by atoms with Crippen LogP contribution in [0.2, 0.25) is 0 Å². The minimum atomic E-state index is -1.24. The third-order valence-corrected chi connectivity index (χ3v) is 2.83. The number of hydrogen-bond donors (Lipinski definition) is 1. The Hall–Kier alpha value is -2.01. The van der Waals surface area contributed by atoms with Gasteiger partial charge in [0.25, 0.3) is 0 Å². The lowest BCUT2D eigenvalue weighted by atomic mass is 10.1. The summed E-state index contributed by atoms with van der Waals surface area (Å²) in [5.74, 6) is -1.62. The maximum Gasteiger partial charge on any atom is 0.357 e. The van der Waals surface area contributed by atoms with E-state index in [4.69, 9.17) is 9.47 Å². The number of carbonyl (C=O) groups is 1. The molecule has 1 heterocycles. The van der Waals surface area contributed by atoms with Gasteiger partial charge < -0.3 is 19.1 Å². The van der Waals surface area contributed by atoms with Gasteiger partial charge in [-0.25, -0.2) is 4.79 Å². The van der Waals surface area contributed by atoms with Crippen LogP contribution >= 0.6 is 0 Å². The smallest absolute Gasteiger partial charge is 0.357 e. The van der Waals surface area contributed by atoms with E-state index in [1.165, 1.54) is 13.2 Å². The first-order valence-electron chi connectivity index (χ1n) is 5.53. The monoisotopic (exact) mass is 249 g/mol. The van der Waals surface area contributed by atoms with Crippen molar-refractivity contribution in [2.45, 2.75) is 12.2 Å². The summed E-state index contributed by atoms with van der Waals surface area (Å²) in [7, 11) is 3.19. The first-order valence-corrected chi connectivity index (χ1v) is 5.53. The highest BCUT2D eigenvalue weighted by molar-refractivity contribution is 5.88. The minimum absolute atomic E-state index is 0.107. The summed E-state index contributed by atoms with van der Waals surface area (Å²) in [5, 5.41) is 9.51. The van der Waals surface area contributed by atoms with Crippen molar-refractivity contribution in [1.82, 2.24) is 4.57 Å². The van der Waals surface area contributed by atoms with Crippen LogP contribution in [0.25, 0.3) is 0 Å². The van der Waals surface area contributed by atoms with Crippen molar-refractivity contribution in [3.63, 3.8) is 0 Å². The van der Waals surface area contributed by atoms with Gasteiger partial charge in [0.05, 0.1) is 12.2 Å². The van der Waals surface area contributed by atoms with Crippen molar-refractivity contribution in [2.75, 3.05) is 7.11 Å². The zero-order chi connectivity index (χ0) is 13.2. The molecule has 1 aromatic rings. The van der Waals surface area contributed by atoms with Crippen LogP contribution in [-0.2, 0) is 16.5 Å². The highest BCUT2D eigenvalue weighted by atomic mass is 16.7. The summed E-state index contributed by atoms with van der Waals surface area (Å²) in [4.78, 5) is 12.0.